The summed E-state index contributed by atoms with van der Waals surface area (Å²) in [5.74, 6) is 0.461. The number of aromatic amines is 1. The van der Waals surface area contributed by atoms with Crippen LogP contribution in [0.3, 0.4) is 0 Å². The van der Waals surface area contributed by atoms with Gasteiger partial charge in [0.15, 0.2) is 0 Å². The van der Waals surface area contributed by atoms with E-state index < -0.39 is 16.1 Å². The summed E-state index contributed by atoms with van der Waals surface area (Å²) in [6.45, 7) is 8.59. The molecule has 4 heterocycles. The van der Waals surface area contributed by atoms with Crippen LogP contribution in [0.4, 0.5) is 0 Å². The molecule has 1 N–H and O–H groups in total. The first-order valence-corrected chi connectivity index (χ1v) is 12.2. The molecule has 0 bridgehead atoms. The summed E-state index contributed by atoms with van der Waals surface area (Å²) >= 11 is 0. The van der Waals surface area contributed by atoms with Gasteiger partial charge in [-0.25, -0.2) is 13.4 Å². The third kappa shape index (κ3) is 3.83. The second-order valence-electron chi connectivity index (χ2n) is 8.35. The Morgan fingerprint density at radius 3 is 2.77 bits per heavy atom. The van der Waals surface area contributed by atoms with Gasteiger partial charge in [0.05, 0.1) is 23.5 Å². The molecule has 0 spiro atoms. The zero-order valence-corrected chi connectivity index (χ0v) is 18.7. The van der Waals surface area contributed by atoms with Crippen molar-refractivity contribution in [3.8, 4) is 0 Å². The lowest BCUT2D eigenvalue weighted by Gasteiger charge is -2.35. The van der Waals surface area contributed by atoms with Gasteiger partial charge in [0, 0.05) is 44.8 Å². The smallest absolute Gasteiger partial charge is 0.255 e. The molecule has 1 fully saturated rings. The minimum atomic E-state index is -3.72. The van der Waals surface area contributed by atoms with Gasteiger partial charge in [0.2, 0.25) is 10.0 Å². The lowest BCUT2D eigenvalue weighted by atomic mass is 10.0. The molecule has 2 aliphatic rings. The highest BCUT2D eigenvalue weighted by Gasteiger charge is 2.37. The highest BCUT2D eigenvalue weighted by atomic mass is 32.2. The Morgan fingerprint density at radius 1 is 1.27 bits per heavy atom. The minimum absolute atomic E-state index is 0.151. The maximum atomic E-state index is 13.3. The molecule has 2 aliphatic heterocycles. The van der Waals surface area contributed by atoms with E-state index in [-0.39, 0.29) is 10.5 Å². The second-order valence-corrected chi connectivity index (χ2v) is 10.2. The first-order valence-electron chi connectivity index (χ1n) is 10.7. The third-order valence-corrected chi connectivity index (χ3v) is 8.02. The fourth-order valence-electron chi connectivity index (χ4n) is 4.32. The molecule has 0 saturated carbocycles. The van der Waals surface area contributed by atoms with Crippen molar-refractivity contribution in [1.82, 2.24) is 29.0 Å². The summed E-state index contributed by atoms with van der Waals surface area (Å²) in [5.41, 5.74) is 1.35. The topological polar surface area (TPSA) is 104 Å². The average Bonchev–Trinajstić information content (AvgIpc) is 3.23. The van der Waals surface area contributed by atoms with Crippen molar-refractivity contribution in [1.29, 1.82) is 0 Å². The van der Waals surface area contributed by atoms with E-state index in [0.29, 0.717) is 49.9 Å². The SMILES string of the molecule is CCn1cc(S(=O)(=O)N2CCCC[C@H]2c2nc3c(c(=O)[nH]2)CN(C(C)C)CC3)cn1. The Labute approximate surface area is 177 Å². The van der Waals surface area contributed by atoms with E-state index in [4.69, 9.17) is 4.98 Å². The van der Waals surface area contributed by atoms with Crippen LogP contribution in [-0.2, 0) is 29.5 Å². The van der Waals surface area contributed by atoms with Crippen molar-refractivity contribution >= 4 is 10.0 Å². The van der Waals surface area contributed by atoms with E-state index >= 15 is 0 Å². The largest absolute Gasteiger partial charge is 0.309 e. The van der Waals surface area contributed by atoms with Crippen LogP contribution in [0.5, 0.6) is 0 Å². The molecular weight excluding hydrogens is 404 g/mol. The third-order valence-electron chi connectivity index (χ3n) is 6.16. The van der Waals surface area contributed by atoms with E-state index in [1.165, 1.54) is 10.5 Å². The molecule has 10 heteroatoms. The van der Waals surface area contributed by atoms with E-state index in [9.17, 15) is 13.2 Å². The molecule has 9 nitrogen and oxygen atoms in total. The van der Waals surface area contributed by atoms with Gasteiger partial charge in [-0.15, -0.1) is 0 Å². The molecule has 0 amide bonds. The van der Waals surface area contributed by atoms with Crippen LogP contribution in [0.15, 0.2) is 22.1 Å². The summed E-state index contributed by atoms with van der Waals surface area (Å²) in [4.78, 5) is 23.0. The number of hydrogen-bond donors (Lipinski definition) is 1. The zero-order valence-electron chi connectivity index (χ0n) is 17.8. The van der Waals surface area contributed by atoms with Crippen LogP contribution in [0, 0.1) is 0 Å². The van der Waals surface area contributed by atoms with E-state index in [0.717, 1.165) is 25.1 Å². The number of nitrogens with zero attached hydrogens (tertiary/aromatic N) is 5. The van der Waals surface area contributed by atoms with Crippen molar-refractivity contribution in [3.63, 3.8) is 0 Å². The van der Waals surface area contributed by atoms with Crippen LogP contribution in [0.1, 0.15) is 63.2 Å². The standard InChI is InChI=1S/C20H30N6O3S/c1-4-25-12-15(11-21-25)30(28,29)26-9-6-5-7-18(26)19-22-17-8-10-24(14(2)3)13-16(17)20(27)23-19/h11-12,14,18H,4-10,13H2,1-3H3,(H,22,23,27)/t18-/m0/s1. The molecule has 1 saturated heterocycles. The normalized spacial score (nSPS) is 21.1. The zero-order chi connectivity index (χ0) is 21.5. The highest BCUT2D eigenvalue weighted by Crippen LogP contribution is 2.34. The van der Waals surface area contributed by atoms with E-state index in [2.05, 4.69) is 28.8 Å². The molecule has 2 aromatic heterocycles. The van der Waals surface area contributed by atoms with Crippen molar-refractivity contribution in [2.45, 2.75) is 76.5 Å². The Kier molecular flexibility index (Phi) is 5.82. The highest BCUT2D eigenvalue weighted by molar-refractivity contribution is 7.89. The fourth-order valence-corrected chi connectivity index (χ4v) is 5.93. The van der Waals surface area contributed by atoms with Gasteiger partial charge >= 0.3 is 0 Å². The second kappa shape index (κ2) is 8.24. The molecule has 164 valence electrons. The summed E-state index contributed by atoms with van der Waals surface area (Å²) < 4.78 is 29.8. The molecule has 2 aromatic rings. The lowest BCUT2D eigenvalue weighted by molar-refractivity contribution is 0.198. The van der Waals surface area contributed by atoms with Crippen LogP contribution in [-0.4, -0.2) is 56.5 Å². The average molecular weight is 435 g/mol. The number of H-pyrrole nitrogens is 1. The van der Waals surface area contributed by atoms with Crippen LogP contribution < -0.4 is 5.56 Å². The lowest BCUT2D eigenvalue weighted by Crippen LogP contribution is -2.42. The Morgan fingerprint density at radius 2 is 2.07 bits per heavy atom. The number of hydrogen-bond acceptors (Lipinski definition) is 6. The molecule has 0 radical (unpaired) electrons. The first kappa shape index (κ1) is 21.2. The van der Waals surface area contributed by atoms with Crippen molar-refractivity contribution in [3.05, 3.63) is 39.8 Å². The fraction of sp³-hybridized carbons (Fsp3) is 0.650. The van der Waals surface area contributed by atoms with E-state index in [1.807, 2.05) is 6.92 Å². The number of sulfonamides is 1. The predicted molar refractivity (Wildman–Crippen MR) is 112 cm³/mol. The van der Waals surface area contributed by atoms with Gasteiger partial charge < -0.3 is 4.98 Å². The number of aryl methyl sites for hydroxylation is 1. The maximum Gasteiger partial charge on any atom is 0.255 e. The molecular formula is C20H30N6O3S. The monoisotopic (exact) mass is 434 g/mol. The van der Waals surface area contributed by atoms with Gasteiger partial charge in [-0.1, -0.05) is 6.42 Å². The number of piperidine rings is 1. The Bertz CT molecular complexity index is 1070. The van der Waals surface area contributed by atoms with Crippen molar-refractivity contribution in [2.24, 2.45) is 0 Å². The van der Waals surface area contributed by atoms with Crippen LogP contribution in [0.2, 0.25) is 0 Å². The first-order chi connectivity index (χ1) is 14.3. The molecule has 1 atom stereocenters. The number of nitrogens with one attached hydrogen (secondary N) is 1. The quantitative estimate of drug-likeness (QED) is 0.768. The summed E-state index contributed by atoms with van der Waals surface area (Å²) in [5, 5.41) is 4.12. The summed E-state index contributed by atoms with van der Waals surface area (Å²) in [7, 11) is -3.72. The minimum Gasteiger partial charge on any atom is -0.309 e. The molecule has 0 unspecified atom stereocenters. The number of fused-ring (bicyclic) bond motifs is 1. The van der Waals surface area contributed by atoms with E-state index in [1.54, 1.807) is 10.9 Å². The van der Waals surface area contributed by atoms with Crippen LogP contribution >= 0.6 is 0 Å². The van der Waals surface area contributed by atoms with Crippen LogP contribution in [0.25, 0.3) is 0 Å². The predicted octanol–water partition coefficient (Wildman–Crippen LogP) is 1.67. The molecule has 0 aromatic carbocycles. The summed E-state index contributed by atoms with van der Waals surface area (Å²) in [6, 6.07) is -0.102. The van der Waals surface area contributed by atoms with Gasteiger partial charge in [0.25, 0.3) is 5.56 Å². The maximum absolute atomic E-state index is 13.3. The van der Waals surface area contributed by atoms with Gasteiger partial charge in [-0.3, -0.25) is 14.4 Å². The van der Waals surface area contributed by atoms with Gasteiger partial charge in [-0.2, -0.15) is 9.40 Å². The van der Waals surface area contributed by atoms with Crippen molar-refractivity contribution in [2.75, 3.05) is 13.1 Å². The Balaban J connectivity index is 1.68. The van der Waals surface area contributed by atoms with Gasteiger partial charge in [0.1, 0.15) is 10.7 Å². The van der Waals surface area contributed by atoms with Crippen molar-refractivity contribution < 1.29 is 8.42 Å². The van der Waals surface area contributed by atoms with Gasteiger partial charge in [-0.05, 0) is 33.6 Å². The molecule has 30 heavy (non-hydrogen) atoms. The molecule has 0 aliphatic carbocycles. The summed E-state index contributed by atoms with van der Waals surface area (Å²) in [6.07, 6.45) is 5.98. The number of aromatic nitrogens is 4. The number of rotatable bonds is 5. The molecule has 4 rings (SSSR count). The Hall–Kier alpha value is -2.04.